The van der Waals surface area contributed by atoms with Gasteiger partial charge in [-0.3, -0.25) is 9.36 Å². The Labute approximate surface area is 196 Å². The highest BCUT2D eigenvalue weighted by Gasteiger charge is 2.26. The number of hydrogen-bond donors (Lipinski definition) is 1. The third-order valence-electron chi connectivity index (χ3n) is 5.95. The average Bonchev–Trinajstić information content (AvgIpc) is 3.57. The first-order valence-corrected chi connectivity index (χ1v) is 12.0. The van der Waals surface area contributed by atoms with Crippen molar-refractivity contribution in [3.05, 3.63) is 42.4 Å². The van der Waals surface area contributed by atoms with Gasteiger partial charge in [0.05, 0.1) is 18.1 Å². The van der Waals surface area contributed by atoms with E-state index >= 15 is 0 Å². The number of amides is 1. The minimum atomic E-state index is -0.385. The van der Waals surface area contributed by atoms with Gasteiger partial charge in [0.1, 0.15) is 5.76 Å². The Kier molecular flexibility index (Phi) is 6.17. The molecule has 1 unspecified atom stereocenters. The Bertz CT molecular complexity index is 1110. The van der Waals surface area contributed by atoms with E-state index in [9.17, 15) is 4.79 Å². The molecular weight excluding hydrogens is 442 g/mol. The Morgan fingerprint density at radius 2 is 2.03 bits per heavy atom. The number of anilines is 2. The predicted octanol–water partition coefficient (Wildman–Crippen LogP) is 4.00. The minimum Gasteiger partial charge on any atom is -0.467 e. The van der Waals surface area contributed by atoms with Crippen LogP contribution in [0.2, 0.25) is 0 Å². The third-order valence-corrected chi connectivity index (χ3v) is 7.03. The van der Waals surface area contributed by atoms with Crippen molar-refractivity contribution in [3.8, 4) is 11.5 Å². The quantitative estimate of drug-likeness (QED) is 0.519. The van der Waals surface area contributed by atoms with Crippen LogP contribution in [0.15, 0.2) is 46.2 Å². The van der Waals surface area contributed by atoms with Gasteiger partial charge in [-0.15, -0.1) is 10.2 Å². The molecule has 1 saturated heterocycles. The number of carbonyl (C=O) groups excluding carboxylic acids is 1. The molecule has 2 aromatic heterocycles. The summed E-state index contributed by atoms with van der Waals surface area (Å²) in [7, 11) is 0. The summed E-state index contributed by atoms with van der Waals surface area (Å²) in [5.74, 6) is 3.55. The number of benzene rings is 1. The summed E-state index contributed by atoms with van der Waals surface area (Å²) in [6, 6.07) is 9.17. The van der Waals surface area contributed by atoms with Gasteiger partial charge in [-0.05, 0) is 49.9 Å². The second kappa shape index (κ2) is 9.38. The Morgan fingerprint density at radius 3 is 2.82 bits per heavy atom. The lowest BCUT2D eigenvalue weighted by atomic mass is 10.00. The molecule has 33 heavy (non-hydrogen) atoms. The SMILES string of the molecule is CC1CCN(c2nnc(SC(C)C(=O)Nc3ccc4c(c3)OCO4)n2Cc2ccco2)CC1. The Balaban J connectivity index is 1.31. The predicted molar refractivity (Wildman–Crippen MR) is 125 cm³/mol. The molecule has 1 N–H and O–H groups in total. The van der Waals surface area contributed by atoms with Crippen LogP contribution in [0.5, 0.6) is 11.5 Å². The van der Waals surface area contributed by atoms with E-state index in [0.29, 0.717) is 28.9 Å². The molecule has 2 aliphatic rings. The summed E-state index contributed by atoms with van der Waals surface area (Å²) in [5.41, 5.74) is 0.664. The number of rotatable bonds is 7. The van der Waals surface area contributed by atoms with E-state index in [-0.39, 0.29) is 18.0 Å². The fraction of sp³-hybridized carbons (Fsp3) is 0.435. The summed E-state index contributed by atoms with van der Waals surface area (Å²) in [6.45, 7) is 6.75. The number of thioether (sulfide) groups is 1. The van der Waals surface area contributed by atoms with Gasteiger partial charge in [-0.2, -0.15) is 0 Å². The van der Waals surface area contributed by atoms with Crippen LogP contribution >= 0.6 is 11.8 Å². The first kappa shape index (κ1) is 21.7. The van der Waals surface area contributed by atoms with Crippen LogP contribution in [0.1, 0.15) is 32.4 Å². The first-order chi connectivity index (χ1) is 16.1. The number of nitrogens with zero attached hydrogens (tertiary/aromatic N) is 4. The van der Waals surface area contributed by atoms with Crippen LogP contribution in [0.3, 0.4) is 0 Å². The van der Waals surface area contributed by atoms with E-state index in [2.05, 4.69) is 27.3 Å². The van der Waals surface area contributed by atoms with Gasteiger partial charge >= 0.3 is 0 Å². The van der Waals surface area contributed by atoms with Crippen LogP contribution in [-0.4, -0.2) is 45.8 Å². The van der Waals surface area contributed by atoms with Crippen molar-refractivity contribution in [1.29, 1.82) is 0 Å². The standard InChI is InChI=1S/C23H27N5O4S/c1-15-7-9-27(10-8-15)22-25-26-23(28(22)13-18-4-3-11-30-18)33-16(2)21(29)24-17-5-6-19-20(12-17)32-14-31-19/h3-6,11-12,15-16H,7-10,13-14H2,1-2H3,(H,24,29). The molecule has 0 spiro atoms. The summed E-state index contributed by atoms with van der Waals surface area (Å²) < 4.78 is 18.4. The molecule has 1 atom stereocenters. The highest BCUT2D eigenvalue weighted by Crippen LogP contribution is 2.35. The van der Waals surface area contributed by atoms with Gasteiger partial charge in [0.2, 0.25) is 18.6 Å². The number of nitrogens with one attached hydrogen (secondary N) is 1. The smallest absolute Gasteiger partial charge is 0.237 e. The van der Waals surface area contributed by atoms with Crippen LogP contribution in [0.25, 0.3) is 0 Å². The first-order valence-electron chi connectivity index (χ1n) is 11.1. The van der Waals surface area contributed by atoms with Crippen molar-refractivity contribution in [3.63, 3.8) is 0 Å². The Morgan fingerprint density at radius 1 is 1.21 bits per heavy atom. The lowest BCUT2D eigenvalue weighted by molar-refractivity contribution is -0.115. The molecule has 174 valence electrons. The van der Waals surface area contributed by atoms with Crippen molar-refractivity contribution >= 4 is 29.3 Å². The summed E-state index contributed by atoms with van der Waals surface area (Å²) in [4.78, 5) is 15.2. The number of hydrogen-bond acceptors (Lipinski definition) is 8. The van der Waals surface area contributed by atoms with E-state index in [0.717, 1.165) is 43.6 Å². The van der Waals surface area contributed by atoms with Crippen molar-refractivity contribution in [2.45, 2.75) is 43.6 Å². The highest BCUT2D eigenvalue weighted by atomic mass is 32.2. The number of furan rings is 1. The maximum absolute atomic E-state index is 12.9. The topological polar surface area (TPSA) is 94.7 Å². The van der Waals surface area contributed by atoms with Crippen molar-refractivity contribution < 1.29 is 18.7 Å². The molecule has 1 aromatic carbocycles. The van der Waals surface area contributed by atoms with Gasteiger partial charge < -0.3 is 24.1 Å². The zero-order chi connectivity index (χ0) is 22.8. The summed E-state index contributed by atoms with van der Waals surface area (Å²) in [5, 5.41) is 12.2. The van der Waals surface area contributed by atoms with E-state index in [1.54, 1.807) is 24.5 Å². The highest BCUT2D eigenvalue weighted by molar-refractivity contribution is 8.00. The van der Waals surface area contributed by atoms with E-state index in [1.807, 2.05) is 23.6 Å². The molecule has 10 heteroatoms. The molecule has 5 rings (SSSR count). The van der Waals surface area contributed by atoms with E-state index < -0.39 is 0 Å². The molecule has 0 radical (unpaired) electrons. The van der Waals surface area contributed by atoms with Gasteiger partial charge in [0, 0.05) is 24.8 Å². The Hall–Kier alpha value is -3.14. The molecule has 0 saturated carbocycles. The summed E-state index contributed by atoms with van der Waals surface area (Å²) in [6.07, 6.45) is 3.92. The largest absolute Gasteiger partial charge is 0.467 e. The van der Waals surface area contributed by atoms with Crippen LogP contribution in [0, 0.1) is 5.92 Å². The van der Waals surface area contributed by atoms with Crippen molar-refractivity contribution in [2.24, 2.45) is 5.92 Å². The van der Waals surface area contributed by atoms with Crippen molar-refractivity contribution in [2.75, 3.05) is 30.1 Å². The fourth-order valence-corrected chi connectivity index (χ4v) is 4.78. The zero-order valence-corrected chi connectivity index (χ0v) is 19.5. The van der Waals surface area contributed by atoms with Gasteiger partial charge in [-0.25, -0.2) is 0 Å². The molecule has 1 amide bonds. The molecule has 2 aliphatic heterocycles. The van der Waals surface area contributed by atoms with Crippen LogP contribution < -0.4 is 19.7 Å². The lowest BCUT2D eigenvalue weighted by Crippen LogP contribution is -2.35. The maximum atomic E-state index is 12.9. The van der Waals surface area contributed by atoms with Crippen LogP contribution in [0.4, 0.5) is 11.6 Å². The van der Waals surface area contributed by atoms with Gasteiger partial charge in [0.15, 0.2) is 16.7 Å². The molecule has 4 heterocycles. The van der Waals surface area contributed by atoms with Gasteiger partial charge in [0.25, 0.3) is 0 Å². The molecule has 3 aromatic rings. The molecule has 0 bridgehead atoms. The average molecular weight is 470 g/mol. The maximum Gasteiger partial charge on any atom is 0.237 e. The monoisotopic (exact) mass is 469 g/mol. The molecule has 0 aliphatic carbocycles. The number of fused-ring (bicyclic) bond motifs is 1. The number of aromatic nitrogens is 3. The van der Waals surface area contributed by atoms with E-state index in [1.165, 1.54) is 11.8 Å². The van der Waals surface area contributed by atoms with Crippen molar-refractivity contribution in [1.82, 2.24) is 14.8 Å². The molecular formula is C23H27N5O4S. The summed E-state index contributed by atoms with van der Waals surface area (Å²) >= 11 is 1.38. The number of carbonyl (C=O) groups is 1. The number of ether oxygens (including phenoxy) is 2. The zero-order valence-electron chi connectivity index (χ0n) is 18.7. The second-order valence-electron chi connectivity index (χ2n) is 8.44. The van der Waals surface area contributed by atoms with E-state index in [4.69, 9.17) is 13.9 Å². The molecule has 9 nitrogen and oxygen atoms in total. The minimum absolute atomic E-state index is 0.125. The number of piperidine rings is 1. The van der Waals surface area contributed by atoms with Gasteiger partial charge in [-0.1, -0.05) is 18.7 Å². The normalized spacial score (nSPS) is 16.7. The fourth-order valence-electron chi connectivity index (χ4n) is 3.94. The molecule has 1 fully saturated rings. The third kappa shape index (κ3) is 4.80. The second-order valence-corrected chi connectivity index (χ2v) is 9.74. The lowest BCUT2D eigenvalue weighted by Gasteiger charge is -2.31. The van der Waals surface area contributed by atoms with Crippen LogP contribution in [-0.2, 0) is 11.3 Å².